The highest BCUT2D eigenvalue weighted by atomic mass is 32.2. The van der Waals surface area contributed by atoms with E-state index in [9.17, 15) is 13.2 Å². The molecule has 1 aromatic heterocycles. The van der Waals surface area contributed by atoms with Crippen molar-refractivity contribution in [2.75, 3.05) is 0 Å². The maximum atomic E-state index is 12.3. The highest BCUT2D eigenvalue weighted by molar-refractivity contribution is 7.91. The Kier molecular flexibility index (Phi) is 6.76. The summed E-state index contributed by atoms with van der Waals surface area (Å²) in [5.41, 5.74) is 8.31. The van der Waals surface area contributed by atoms with Gasteiger partial charge in [0.1, 0.15) is 0 Å². The molecule has 2 aromatic rings. The smallest absolute Gasteiger partial charge is 0.250 e. The van der Waals surface area contributed by atoms with Crippen molar-refractivity contribution < 1.29 is 8.42 Å². The van der Waals surface area contributed by atoms with Crippen molar-refractivity contribution in [3.63, 3.8) is 0 Å². The molecule has 0 spiro atoms. The second-order valence-corrected chi connectivity index (χ2v) is 10.4. The summed E-state index contributed by atoms with van der Waals surface area (Å²) in [5.74, 6) is 0.257. The second kappa shape index (κ2) is 9.31. The van der Waals surface area contributed by atoms with Gasteiger partial charge in [-0.05, 0) is 36.0 Å². The number of aliphatic imine (C=N–C) groups is 1. The first kappa shape index (κ1) is 22.5. The van der Waals surface area contributed by atoms with Crippen LogP contribution < -0.4 is 11.3 Å². The maximum Gasteiger partial charge on any atom is 0.250 e. The van der Waals surface area contributed by atoms with Gasteiger partial charge in [-0.2, -0.15) is 0 Å². The van der Waals surface area contributed by atoms with E-state index < -0.39 is 9.84 Å². The van der Waals surface area contributed by atoms with E-state index >= 15 is 0 Å². The predicted octanol–water partition coefficient (Wildman–Crippen LogP) is 3.83. The van der Waals surface area contributed by atoms with Crippen molar-refractivity contribution in [2.45, 2.75) is 44.2 Å². The lowest BCUT2D eigenvalue weighted by atomic mass is 10.0. The van der Waals surface area contributed by atoms with Crippen LogP contribution >= 0.6 is 0 Å². The third kappa shape index (κ3) is 5.70. The molecule has 1 aliphatic carbocycles. The fraction of sp³-hybridized carbons (Fsp3) is 0.348. The molecule has 0 saturated heterocycles. The molecular formula is C23H26N4O3S. The average molecular weight is 439 g/mol. The van der Waals surface area contributed by atoms with E-state index in [1.54, 1.807) is 41.2 Å². The number of benzene rings is 1. The summed E-state index contributed by atoms with van der Waals surface area (Å²) in [5, 5.41) is -0.242. The molecule has 7 nitrogen and oxygen atoms in total. The first-order valence-corrected chi connectivity index (χ1v) is 11.8. The molecule has 1 fully saturated rings. The van der Waals surface area contributed by atoms with Gasteiger partial charge >= 0.3 is 0 Å². The van der Waals surface area contributed by atoms with Crippen molar-refractivity contribution in [1.82, 2.24) is 4.57 Å². The Morgan fingerprint density at radius 1 is 1.32 bits per heavy atom. The molecule has 0 amide bonds. The zero-order chi connectivity index (χ0) is 22.6. The zero-order valence-corrected chi connectivity index (χ0v) is 18.5. The molecule has 31 heavy (non-hydrogen) atoms. The zero-order valence-electron chi connectivity index (χ0n) is 17.7. The number of sulfone groups is 1. The van der Waals surface area contributed by atoms with Crippen LogP contribution in [0.5, 0.6) is 0 Å². The van der Waals surface area contributed by atoms with Crippen LogP contribution in [-0.2, 0) is 22.1 Å². The molecule has 0 atom stereocenters. The van der Waals surface area contributed by atoms with Gasteiger partial charge in [0.2, 0.25) is 0 Å². The van der Waals surface area contributed by atoms with E-state index in [-0.39, 0.29) is 16.6 Å². The Morgan fingerprint density at radius 2 is 2.06 bits per heavy atom. The fourth-order valence-corrected chi connectivity index (χ4v) is 4.99. The Bertz CT molecular complexity index is 1230. The Balaban J connectivity index is 1.85. The number of hydrogen-bond donors (Lipinski definition) is 1. The van der Waals surface area contributed by atoms with Crippen molar-refractivity contribution >= 4 is 33.0 Å². The first-order valence-electron chi connectivity index (χ1n) is 10.1. The molecular weight excluding hydrogens is 412 g/mol. The topological polar surface area (TPSA) is 98.9 Å². The minimum Gasteiger partial charge on any atom is -0.404 e. The molecule has 0 bridgehead atoms. The van der Waals surface area contributed by atoms with Gasteiger partial charge in [0.25, 0.3) is 5.56 Å². The van der Waals surface area contributed by atoms with E-state index in [2.05, 4.69) is 9.84 Å². The van der Waals surface area contributed by atoms with Gasteiger partial charge in [0.05, 0.1) is 23.3 Å². The monoisotopic (exact) mass is 438 g/mol. The highest BCUT2D eigenvalue weighted by Gasteiger charge is 2.35. The quantitative estimate of drug-likeness (QED) is 0.500. The molecule has 1 heterocycles. The molecule has 1 saturated carbocycles. The molecule has 0 unspecified atom stereocenters. The van der Waals surface area contributed by atoms with E-state index in [1.807, 2.05) is 13.8 Å². The normalized spacial score (nSPS) is 14.8. The molecule has 2 N–H and O–H groups in total. The minimum atomic E-state index is -3.16. The predicted molar refractivity (Wildman–Crippen MR) is 124 cm³/mol. The molecule has 8 heteroatoms. The van der Waals surface area contributed by atoms with E-state index in [4.69, 9.17) is 12.3 Å². The summed E-state index contributed by atoms with van der Waals surface area (Å²) < 4.78 is 26.1. The first-order chi connectivity index (χ1) is 14.7. The van der Waals surface area contributed by atoms with Crippen LogP contribution in [0, 0.1) is 12.5 Å². The molecule has 3 rings (SSSR count). The second-order valence-electron chi connectivity index (χ2n) is 8.12. The van der Waals surface area contributed by atoms with Crippen LogP contribution in [0.2, 0.25) is 0 Å². The van der Waals surface area contributed by atoms with Crippen LogP contribution in [0.15, 0.2) is 52.5 Å². The standard InChI is InChI=1S/C23H26N4O3S/c1-16(2)13-27-14-19(5-9-23(27)28)26-12-18(11-24)21-8-4-17(10-22(21)25-3)15-31(29,30)20-6-7-20/h4-5,8-12,14,16,20H,6-7,13,15,24H2,1-2H3. The number of hydrogen-bond acceptors (Lipinski definition) is 5. The number of nitrogens with two attached hydrogens (primary N) is 1. The lowest BCUT2D eigenvalue weighted by Gasteiger charge is -2.10. The van der Waals surface area contributed by atoms with E-state index in [1.165, 1.54) is 12.3 Å². The lowest BCUT2D eigenvalue weighted by Crippen LogP contribution is -2.20. The van der Waals surface area contributed by atoms with Gasteiger partial charge in [-0.3, -0.25) is 9.79 Å². The van der Waals surface area contributed by atoms with Gasteiger partial charge < -0.3 is 10.3 Å². The van der Waals surface area contributed by atoms with Gasteiger partial charge in [-0.1, -0.05) is 32.0 Å². The largest absolute Gasteiger partial charge is 0.404 e. The average Bonchev–Trinajstić information content (AvgIpc) is 3.57. The SMILES string of the molecule is [C-]#[N+]c1cc(CS(=O)(=O)C2CC2)ccc1C(C=Nc1ccc(=O)n(CC(C)C)c1)=CN. The maximum absolute atomic E-state index is 12.3. The van der Waals surface area contributed by atoms with Gasteiger partial charge in [0.15, 0.2) is 15.5 Å². The molecule has 1 aliphatic rings. The summed E-state index contributed by atoms with van der Waals surface area (Å²) >= 11 is 0. The summed E-state index contributed by atoms with van der Waals surface area (Å²) in [6, 6.07) is 8.12. The fourth-order valence-electron chi connectivity index (χ4n) is 3.26. The third-order valence-electron chi connectivity index (χ3n) is 4.96. The number of nitrogens with zero attached hydrogens (tertiary/aromatic N) is 3. The van der Waals surface area contributed by atoms with Crippen LogP contribution in [0.3, 0.4) is 0 Å². The molecule has 0 radical (unpaired) electrons. The van der Waals surface area contributed by atoms with Crippen LogP contribution in [0.1, 0.15) is 37.8 Å². The number of aromatic nitrogens is 1. The number of pyridine rings is 1. The highest BCUT2D eigenvalue weighted by Crippen LogP contribution is 2.33. The van der Waals surface area contributed by atoms with Crippen LogP contribution in [0.25, 0.3) is 10.4 Å². The third-order valence-corrected chi connectivity index (χ3v) is 7.18. The summed E-state index contributed by atoms with van der Waals surface area (Å²) in [4.78, 5) is 20.0. The molecule has 0 aliphatic heterocycles. The summed E-state index contributed by atoms with van der Waals surface area (Å²) in [6.07, 6.45) is 6.03. The van der Waals surface area contributed by atoms with Crippen molar-refractivity contribution in [1.29, 1.82) is 0 Å². The number of rotatable bonds is 8. The molecule has 162 valence electrons. The lowest BCUT2D eigenvalue weighted by molar-refractivity contribution is 0.511. The van der Waals surface area contributed by atoms with Crippen LogP contribution in [-0.4, -0.2) is 24.4 Å². The molecule has 1 aromatic carbocycles. The van der Waals surface area contributed by atoms with Gasteiger partial charge in [0, 0.05) is 36.8 Å². The Labute approximate surface area is 182 Å². The van der Waals surface area contributed by atoms with Gasteiger partial charge in [-0.15, -0.1) is 0 Å². The summed E-state index contributed by atoms with van der Waals surface area (Å²) in [6.45, 7) is 12.2. The van der Waals surface area contributed by atoms with Crippen molar-refractivity contribution in [3.05, 3.63) is 75.6 Å². The number of allylic oxidation sites excluding steroid dienone is 1. The Morgan fingerprint density at radius 3 is 2.68 bits per heavy atom. The van der Waals surface area contributed by atoms with E-state index in [0.717, 1.165) is 12.8 Å². The van der Waals surface area contributed by atoms with Crippen molar-refractivity contribution in [3.8, 4) is 0 Å². The minimum absolute atomic E-state index is 0.0619. The van der Waals surface area contributed by atoms with Crippen LogP contribution in [0.4, 0.5) is 11.4 Å². The van der Waals surface area contributed by atoms with Crippen molar-refractivity contribution in [2.24, 2.45) is 16.6 Å². The van der Waals surface area contributed by atoms with E-state index in [0.29, 0.717) is 40.5 Å². The Hall–Kier alpha value is -3.18. The summed E-state index contributed by atoms with van der Waals surface area (Å²) in [7, 11) is -3.16. The van der Waals surface area contributed by atoms with Gasteiger partial charge in [-0.25, -0.2) is 13.3 Å².